The average Bonchev–Trinajstić information content (AvgIpc) is 3.34. The summed E-state index contributed by atoms with van der Waals surface area (Å²) in [5, 5.41) is 8.02. The Labute approximate surface area is 135 Å². The van der Waals surface area contributed by atoms with Crippen molar-refractivity contribution >= 4 is 11.5 Å². The van der Waals surface area contributed by atoms with Crippen molar-refractivity contribution in [2.45, 2.75) is 25.8 Å². The van der Waals surface area contributed by atoms with E-state index in [1.54, 1.807) is 6.20 Å². The highest BCUT2D eigenvalue weighted by Gasteiger charge is 2.25. The molecule has 0 unspecified atom stereocenters. The van der Waals surface area contributed by atoms with Crippen molar-refractivity contribution in [2.75, 3.05) is 5.32 Å². The second kappa shape index (κ2) is 5.83. The van der Waals surface area contributed by atoms with Crippen LogP contribution in [0.2, 0.25) is 0 Å². The third-order valence-electron chi connectivity index (χ3n) is 4.12. The first-order chi connectivity index (χ1) is 11.3. The van der Waals surface area contributed by atoms with Crippen LogP contribution >= 0.6 is 0 Å². The highest BCUT2D eigenvalue weighted by Crippen LogP contribution is 2.36. The Morgan fingerprint density at radius 1 is 1.22 bits per heavy atom. The normalized spacial score (nSPS) is 14.1. The van der Waals surface area contributed by atoms with Crippen LogP contribution in [0.4, 0.5) is 5.82 Å². The van der Waals surface area contributed by atoms with Crippen LogP contribution in [0, 0.1) is 5.92 Å². The maximum absolute atomic E-state index is 4.64. The third kappa shape index (κ3) is 3.08. The zero-order valence-electron chi connectivity index (χ0n) is 12.9. The number of hydrogen-bond donors (Lipinski definition) is 1. The summed E-state index contributed by atoms with van der Waals surface area (Å²) < 4.78 is 1.86. The molecule has 3 aromatic rings. The smallest absolute Gasteiger partial charge is 0.158 e. The van der Waals surface area contributed by atoms with Gasteiger partial charge in [0, 0.05) is 12.6 Å². The molecule has 116 valence electrons. The highest BCUT2D eigenvalue weighted by molar-refractivity contribution is 5.49. The van der Waals surface area contributed by atoms with E-state index in [1.165, 1.54) is 18.4 Å². The van der Waals surface area contributed by atoms with Gasteiger partial charge in [-0.15, -0.1) is 5.10 Å². The second-order valence-electron chi connectivity index (χ2n) is 5.99. The summed E-state index contributed by atoms with van der Waals surface area (Å²) in [6.45, 7) is 4.82. The molecule has 0 atom stereocenters. The number of nitrogens with one attached hydrogen (secondary N) is 1. The summed E-state index contributed by atoms with van der Waals surface area (Å²) >= 11 is 0. The van der Waals surface area contributed by atoms with Gasteiger partial charge in [-0.1, -0.05) is 24.3 Å². The first-order valence-electron chi connectivity index (χ1n) is 7.96. The van der Waals surface area contributed by atoms with Crippen LogP contribution in [0.15, 0.2) is 54.7 Å². The van der Waals surface area contributed by atoms with Gasteiger partial charge < -0.3 is 5.32 Å². The Bertz CT molecular complexity index is 833. The lowest BCUT2D eigenvalue weighted by Crippen LogP contribution is -2.06. The van der Waals surface area contributed by atoms with Crippen molar-refractivity contribution in [1.82, 2.24) is 19.6 Å². The third-order valence-corrected chi connectivity index (χ3v) is 4.12. The molecule has 1 N–H and O–H groups in total. The van der Waals surface area contributed by atoms with Crippen LogP contribution < -0.4 is 5.32 Å². The molecular weight excluding hydrogens is 286 g/mol. The van der Waals surface area contributed by atoms with Crippen molar-refractivity contribution in [3.8, 4) is 0 Å². The Morgan fingerprint density at radius 2 is 2.13 bits per heavy atom. The van der Waals surface area contributed by atoms with Crippen LogP contribution in [-0.4, -0.2) is 19.6 Å². The number of anilines is 1. The van der Waals surface area contributed by atoms with Gasteiger partial charge >= 0.3 is 0 Å². The Morgan fingerprint density at radius 3 is 2.91 bits per heavy atom. The maximum atomic E-state index is 4.64. The minimum absolute atomic E-state index is 0.657. The van der Waals surface area contributed by atoms with E-state index in [-0.39, 0.29) is 0 Å². The fraction of sp³-hybridized carbons (Fsp3) is 0.278. The Hall–Kier alpha value is -2.69. The van der Waals surface area contributed by atoms with Crippen molar-refractivity contribution in [2.24, 2.45) is 5.92 Å². The summed E-state index contributed by atoms with van der Waals surface area (Å²) in [7, 11) is 0. The lowest BCUT2D eigenvalue weighted by Gasteiger charge is -2.07. The fourth-order valence-electron chi connectivity index (χ4n) is 2.68. The quantitative estimate of drug-likeness (QED) is 0.710. The van der Waals surface area contributed by atoms with Crippen LogP contribution in [-0.2, 0) is 13.0 Å². The fourth-order valence-corrected chi connectivity index (χ4v) is 2.68. The second-order valence-corrected chi connectivity index (χ2v) is 5.99. The van der Waals surface area contributed by atoms with Crippen molar-refractivity contribution < 1.29 is 0 Å². The monoisotopic (exact) mass is 305 g/mol. The first kappa shape index (κ1) is 13.9. The van der Waals surface area contributed by atoms with Crippen molar-refractivity contribution in [3.63, 3.8) is 0 Å². The topological polar surface area (TPSA) is 55.1 Å². The van der Waals surface area contributed by atoms with E-state index in [4.69, 9.17) is 0 Å². The minimum atomic E-state index is 0.657. The van der Waals surface area contributed by atoms with E-state index in [9.17, 15) is 0 Å². The summed E-state index contributed by atoms with van der Waals surface area (Å²) in [6.07, 6.45) is 5.10. The minimum Gasteiger partial charge on any atom is -0.364 e. The number of pyridine rings is 2. The molecule has 1 saturated carbocycles. The number of hydrogen-bond acceptors (Lipinski definition) is 4. The zero-order valence-corrected chi connectivity index (χ0v) is 12.9. The van der Waals surface area contributed by atoms with Gasteiger partial charge in [0.1, 0.15) is 5.82 Å². The van der Waals surface area contributed by atoms with Crippen molar-refractivity contribution in [1.29, 1.82) is 0 Å². The lowest BCUT2D eigenvalue weighted by molar-refractivity contribution is 0.850. The van der Waals surface area contributed by atoms with E-state index in [1.807, 2.05) is 40.9 Å². The van der Waals surface area contributed by atoms with E-state index < -0.39 is 0 Å². The van der Waals surface area contributed by atoms with E-state index >= 15 is 0 Å². The molecule has 0 saturated heterocycles. The van der Waals surface area contributed by atoms with Gasteiger partial charge in [-0.2, -0.15) is 4.52 Å². The molecule has 4 rings (SSSR count). The van der Waals surface area contributed by atoms with Crippen LogP contribution in [0.5, 0.6) is 0 Å². The molecule has 23 heavy (non-hydrogen) atoms. The highest BCUT2D eigenvalue weighted by atomic mass is 15.3. The predicted octanol–water partition coefficient (Wildman–Crippen LogP) is 3.25. The van der Waals surface area contributed by atoms with Gasteiger partial charge in [0.25, 0.3) is 0 Å². The molecule has 0 aliphatic heterocycles. The molecule has 5 nitrogen and oxygen atoms in total. The largest absolute Gasteiger partial charge is 0.364 e. The van der Waals surface area contributed by atoms with Crippen LogP contribution in [0.25, 0.3) is 5.65 Å². The summed E-state index contributed by atoms with van der Waals surface area (Å²) in [5.74, 6) is 2.45. The van der Waals surface area contributed by atoms with Gasteiger partial charge in [0.15, 0.2) is 11.5 Å². The number of fused-ring (bicyclic) bond motifs is 1. The zero-order chi connectivity index (χ0) is 15.6. The Kier molecular flexibility index (Phi) is 3.54. The summed E-state index contributed by atoms with van der Waals surface area (Å²) in [5.41, 5.74) is 3.10. The number of rotatable bonds is 6. The van der Waals surface area contributed by atoms with Gasteiger partial charge in [-0.25, -0.2) is 4.98 Å². The molecule has 0 radical (unpaired) electrons. The number of allylic oxidation sites excluding steroid dienone is 1. The first-order valence-corrected chi connectivity index (χ1v) is 7.96. The predicted molar refractivity (Wildman–Crippen MR) is 90.1 cm³/mol. The van der Waals surface area contributed by atoms with Gasteiger partial charge in [-0.3, -0.25) is 4.98 Å². The molecule has 3 aromatic heterocycles. The van der Waals surface area contributed by atoms with Crippen molar-refractivity contribution in [3.05, 3.63) is 66.3 Å². The summed E-state index contributed by atoms with van der Waals surface area (Å²) in [6, 6.07) is 11.9. The summed E-state index contributed by atoms with van der Waals surface area (Å²) in [4.78, 5) is 8.94. The average molecular weight is 305 g/mol. The SMILES string of the molecule is C=C(Cc1nc2cccc(NCc3ccccn3)n2n1)C1CC1. The Balaban J connectivity index is 1.54. The maximum Gasteiger partial charge on any atom is 0.158 e. The molecule has 1 fully saturated rings. The molecule has 3 heterocycles. The van der Waals surface area contributed by atoms with Gasteiger partial charge in [0.2, 0.25) is 0 Å². The number of aromatic nitrogens is 4. The van der Waals surface area contributed by atoms with Crippen LogP contribution in [0.1, 0.15) is 24.4 Å². The molecule has 0 spiro atoms. The van der Waals surface area contributed by atoms with E-state index in [2.05, 4.69) is 27.0 Å². The van der Waals surface area contributed by atoms with Gasteiger partial charge in [-0.05, 0) is 43.0 Å². The van der Waals surface area contributed by atoms with E-state index in [0.717, 1.165) is 29.4 Å². The molecule has 1 aliphatic carbocycles. The molecule has 0 amide bonds. The molecular formula is C18H19N5. The van der Waals surface area contributed by atoms with Crippen LogP contribution in [0.3, 0.4) is 0 Å². The molecule has 0 aromatic carbocycles. The molecule has 5 heteroatoms. The lowest BCUT2D eigenvalue weighted by atomic mass is 10.1. The molecule has 0 bridgehead atoms. The number of nitrogens with zero attached hydrogens (tertiary/aromatic N) is 4. The van der Waals surface area contributed by atoms with Gasteiger partial charge in [0.05, 0.1) is 12.2 Å². The van der Waals surface area contributed by atoms with E-state index in [0.29, 0.717) is 12.5 Å². The standard InChI is InChI=1S/C18H19N5/c1-13(14-8-9-14)11-16-21-18-7-4-6-17(23(18)22-16)20-12-15-5-2-3-10-19-15/h2-7,10,14,20H,1,8-9,11-12H2. The molecule has 1 aliphatic rings.